The Morgan fingerprint density at radius 3 is 3.00 bits per heavy atom. The smallest absolute Gasteiger partial charge is 0.184 e. The summed E-state index contributed by atoms with van der Waals surface area (Å²) < 4.78 is 1.81. The Morgan fingerprint density at radius 1 is 1.45 bits per heavy atom. The molecule has 1 heterocycles. The summed E-state index contributed by atoms with van der Waals surface area (Å²) in [6, 6.07) is 6.04. The molecule has 1 aromatic carbocycles. The van der Waals surface area contributed by atoms with E-state index in [4.69, 9.17) is 11.6 Å². The summed E-state index contributed by atoms with van der Waals surface area (Å²) in [4.78, 5) is 4.16. The molecule has 2 rings (SSSR count). The zero-order valence-electron chi connectivity index (χ0n) is 5.97. The van der Waals surface area contributed by atoms with Gasteiger partial charge in [0.2, 0.25) is 0 Å². The van der Waals surface area contributed by atoms with Gasteiger partial charge in [0.25, 0.3) is 0 Å². The molecule has 0 N–H and O–H groups in total. The number of halogens is 1. The first kappa shape index (κ1) is 7.07. The minimum atomic E-state index is 0.620. The van der Waals surface area contributed by atoms with Gasteiger partial charge in [-0.15, -0.1) is 11.3 Å². The summed E-state index contributed by atoms with van der Waals surface area (Å²) in [6.45, 7) is 2.07. The third kappa shape index (κ3) is 1.12. The first-order valence-electron chi connectivity index (χ1n) is 3.29. The Morgan fingerprint density at radius 2 is 2.27 bits per heavy atom. The Hall–Kier alpha value is -0.600. The van der Waals surface area contributed by atoms with E-state index in [-0.39, 0.29) is 0 Å². The van der Waals surface area contributed by atoms with Gasteiger partial charge in [0.15, 0.2) is 4.47 Å². The molecule has 0 bridgehead atoms. The lowest BCUT2D eigenvalue weighted by atomic mass is 10.2. The third-order valence-electron chi connectivity index (χ3n) is 1.59. The average molecular weight is 184 g/mol. The van der Waals surface area contributed by atoms with Crippen LogP contribution in [-0.2, 0) is 0 Å². The molecule has 0 aliphatic carbocycles. The molecule has 0 fully saturated rings. The maximum absolute atomic E-state index is 5.76. The first-order valence-corrected chi connectivity index (χ1v) is 4.48. The van der Waals surface area contributed by atoms with Gasteiger partial charge in [-0.1, -0.05) is 23.7 Å². The van der Waals surface area contributed by atoms with Crippen LogP contribution in [-0.4, -0.2) is 4.98 Å². The second-order valence-corrected chi connectivity index (χ2v) is 3.97. The van der Waals surface area contributed by atoms with E-state index in [0.29, 0.717) is 4.47 Å². The fourth-order valence-electron chi connectivity index (χ4n) is 1.06. The van der Waals surface area contributed by atoms with Crippen LogP contribution < -0.4 is 0 Å². The molecule has 1 nitrogen and oxygen atoms in total. The average Bonchev–Trinajstić information content (AvgIpc) is 2.31. The van der Waals surface area contributed by atoms with Gasteiger partial charge in [0.05, 0.1) is 10.2 Å². The quantitative estimate of drug-likeness (QED) is 0.611. The summed E-state index contributed by atoms with van der Waals surface area (Å²) in [7, 11) is 0. The number of benzene rings is 1. The van der Waals surface area contributed by atoms with Crippen LogP contribution in [0.1, 0.15) is 5.56 Å². The minimum absolute atomic E-state index is 0.620. The molecule has 0 spiro atoms. The van der Waals surface area contributed by atoms with Crippen molar-refractivity contribution in [2.24, 2.45) is 0 Å². The topological polar surface area (TPSA) is 12.9 Å². The van der Waals surface area contributed by atoms with Crippen LogP contribution in [0.5, 0.6) is 0 Å². The molecule has 0 saturated heterocycles. The van der Waals surface area contributed by atoms with Gasteiger partial charge in [-0.2, -0.15) is 0 Å². The predicted molar refractivity (Wildman–Crippen MR) is 49.4 cm³/mol. The molecule has 0 radical (unpaired) electrons. The van der Waals surface area contributed by atoms with E-state index in [2.05, 4.69) is 18.0 Å². The molecule has 0 aliphatic rings. The second-order valence-electron chi connectivity index (χ2n) is 2.39. The highest BCUT2D eigenvalue weighted by Gasteiger charge is 2.01. The lowest BCUT2D eigenvalue weighted by molar-refractivity contribution is 1.47. The summed E-state index contributed by atoms with van der Waals surface area (Å²) in [5, 5.41) is 0. The van der Waals surface area contributed by atoms with Crippen molar-refractivity contribution in [2.75, 3.05) is 0 Å². The largest absolute Gasteiger partial charge is 0.225 e. The van der Waals surface area contributed by atoms with Crippen molar-refractivity contribution < 1.29 is 0 Å². The third-order valence-corrected chi connectivity index (χ3v) is 2.90. The molecule has 11 heavy (non-hydrogen) atoms. The molecule has 0 unspecified atom stereocenters. The molecule has 0 saturated carbocycles. The number of fused-ring (bicyclic) bond motifs is 1. The van der Waals surface area contributed by atoms with Gasteiger partial charge in [-0.3, -0.25) is 0 Å². The van der Waals surface area contributed by atoms with Gasteiger partial charge in [-0.05, 0) is 18.6 Å². The summed E-state index contributed by atoms with van der Waals surface area (Å²) in [6.07, 6.45) is 0. The first-order chi connectivity index (χ1) is 5.27. The van der Waals surface area contributed by atoms with Gasteiger partial charge in [-0.25, -0.2) is 4.98 Å². The standard InChI is InChI=1S/C8H6ClNS/c1-5-3-2-4-6-7(5)11-8(9)10-6/h2-4H,1H3. The summed E-state index contributed by atoms with van der Waals surface area (Å²) in [5.41, 5.74) is 2.24. The SMILES string of the molecule is Cc1cccc2nc(Cl)sc12. The number of aromatic nitrogens is 1. The fraction of sp³-hybridized carbons (Fsp3) is 0.125. The van der Waals surface area contributed by atoms with Crippen LogP contribution in [0, 0.1) is 6.92 Å². The molecule has 0 atom stereocenters. The normalized spacial score (nSPS) is 10.7. The number of hydrogen-bond donors (Lipinski definition) is 0. The van der Waals surface area contributed by atoms with Crippen molar-refractivity contribution in [1.29, 1.82) is 0 Å². The summed E-state index contributed by atoms with van der Waals surface area (Å²) >= 11 is 7.30. The van der Waals surface area contributed by atoms with Crippen molar-refractivity contribution in [3.8, 4) is 0 Å². The molecule has 2 aromatic rings. The Kier molecular flexibility index (Phi) is 1.59. The Bertz CT molecular complexity index is 394. The number of nitrogens with zero attached hydrogens (tertiary/aromatic N) is 1. The lowest BCUT2D eigenvalue weighted by Crippen LogP contribution is -1.70. The van der Waals surface area contributed by atoms with E-state index in [0.717, 1.165) is 5.52 Å². The summed E-state index contributed by atoms with van der Waals surface area (Å²) in [5.74, 6) is 0. The van der Waals surface area contributed by atoms with Crippen molar-refractivity contribution in [3.05, 3.63) is 28.2 Å². The zero-order valence-corrected chi connectivity index (χ0v) is 7.54. The van der Waals surface area contributed by atoms with E-state index in [9.17, 15) is 0 Å². The van der Waals surface area contributed by atoms with E-state index >= 15 is 0 Å². The number of thiazole rings is 1. The Balaban J connectivity index is 2.90. The minimum Gasteiger partial charge on any atom is -0.225 e. The number of rotatable bonds is 0. The Labute approximate surface area is 73.6 Å². The molecule has 3 heteroatoms. The van der Waals surface area contributed by atoms with Crippen LogP contribution in [0.25, 0.3) is 10.2 Å². The van der Waals surface area contributed by atoms with Crippen molar-refractivity contribution in [3.63, 3.8) is 0 Å². The fourth-order valence-corrected chi connectivity index (χ4v) is 2.14. The van der Waals surface area contributed by atoms with Crippen molar-refractivity contribution >= 4 is 33.2 Å². The van der Waals surface area contributed by atoms with E-state index in [1.807, 2.05) is 12.1 Å². The van der Waals surface area contributed by atoms with Crippen molar-refractivity contribution in [2.45, 2.75) is 6.92 Å². The molecule has 0 aliphatic heterocycles. The van der Waals surface area contributed by atoms with Crippen LogP contribution >= 0.6 is 22.9 Å². The number of hydrogen-bond acceptors (Lipinski definition) is 2. The van der Waals surface area contributed by atoms with E-state index < -0.39 is 0 Å². The highest BCUT2D eigenvalue weighted by molar-refractivity contribution is 7.22. The van der Waals surface area contributed by atoms with Crippen LogP contribution in [0.15, 0.2) is 18.2 Å². The van der Waals surface area contributed by atoms with Gasteiger partial charge in [0, 0.05) is 0 Å². The van der Waals surface area contributed by atoms with Gasteiger partial charge >= 0.3 is 0 Å². The second kappa shape index (κ2) is 2.47. The van der Waals surface area contributed by atoms with Crippen LogP contribution in [0.4, 0.5) is 0 Å². The van der Waals surface area contributed by atoms with Gasteiger partial charge in [0.1, 0.15) is 0 Å². The molecule has 1 aromatic heterocycles. The predicted octanol–water partition coefficient (Wildman–Crippen LogP) is 3.26. The molecular formula is C8H6ClNS. The molecule has 0 amide bonds. The highest BCUT2D eigenvalue weighted by atomic mass is 35.5. The lowest BCUT2D eigenvalue weighted by Gasteiger charge is -1.89. The van der Waals surface area contributed by atoms with Crippen LogP contribution in [0.2, 0.25) is 4.47 Å². The van der Waals surface area contributed by atoms with Crippen molar-refractivity contribution in [1.82, 2.24) is 4.98 Å². The number of aryl methyl sites for hydroxylation is 1. The molecular weight excluding hydrogens is 178 g/mol. The molecule has 56 valence electrons. The monoisotopic (exact) mass is 183 g/mol. The highest BCUT2D eigenvalue weighted by Crippen LogP contribution is 2.27. The maximum Gasteiger partial charge on any atom is 0.184 e. The van der Waals surface area contributed by atoms with E-state index in [1.54, 1.807) is 0 Å². The van der Waals surface area contributed by atoms with E-state index in [1.165, 1.54) is 21.6 Å². The maximum atomic E-state index is 5.76. The zero-order chi connectivity index (χ0) is 7.84. The van der Waals surface area contributed by atoms with Crippen LogP contribution in [0.3, 0.4) is 0 Å². The van der Waals surface area contributed by atoms with Gasteiger partial charge < -0.3 is 0 Å².